The van der Waals surface area contributed by atoms with Gasteiger partial charge in [-0.2, -0.15) is 0 Å². The summed E-state index contributed by atoms with van der Waals surface area (Å²) >= 11 is 0. The largest absolute Gasteiger partial charge is 0.497 e. The van der Waals surface area contributed by atoms with E-state index in [2.05, 4.69) is 10.0 Å². The van der Waals surface area contributed by atoms with E-state index in [1.165, 1.54) is 12.1 Å². The normalized spacial score (nSPS) is 11.2. The number of anilines is 2. The van der Waals surface area contributed by atoms with Crippen molar-refractivity contribution in [1.29, 1.82) is 0 Å². The molecule has 9 heteroatoms. The lowest BCUT2D eigenvalue weighted by Gasteiger charge is -2.11. The molecule has 7 nitrogen and oxygen atoms in total. The maximum Gasteiger partial charge on any atom is 0.257 e. The number of sulfonamides is 1. The van der Waals surface area contributed by atoms with Crippen molar-refractivity contribution in [2.45, 2.75) is 13.8 Å². The van der Waals surface area contributed by atoms with Crippen LogP contribution < -0.4 is 14.8 Å². The van der Waals surface area contributed by atoms with Crippen LogP contribution >= 0.6 is 0 Å². The molecular formula is C21H22FN3O4S. The van der Waals surface area contributed by atoms with Gasteiger partial charge in [-0.05, 0) is 62.4 Å². The van der Waals surface area contributed by atoms with Gasteiger partial charge in [0.05, 0.1) is 24.6 Å². The molecule has 0 radical (unpaired) electrons. The fraction of sp³-hybridized carbons (Fsp3) is 0.190. The average molecular weight is 431 g/mol. The number of carbonyl (C=O) groups excluding carboxylic acids is 1. The van der Waals surface area contributed by atoms with Crippen LogP contribution in [0.15, 0.2) is 48.5 Å². The van der Waals surface area contributed by atoms with Crippen LogP contribution in [0.2, 0.25) is 0 Å². The number of halogens is 1. The molecule has 0 bridgehead atoms. The second kappa shape index (κ2) is 8.19. The van der Waals surface area contributed by atoms with Gasteiger partial charge >= 0.3 is 0 Å². The molecule has 0 fully saturated rings. The Morgan fingerprint density at radius 2 is 1.73 bits per heavy atom. The van der Waals surface area contributed by atoms with Crippen LogP contribution in [0.3, 0.4) is 0 Å². The van der Waals surface area contributed by atoms with Crippen molar-refractivity contribution >= 4 is 27.3 Å². The maximum atomic E-state index is 13.9. The van der Waals surface area contributed by atoms with Gasteiger partial charge in [0.1, 0.15) is 11.6 Å². The monoisotopic (exact) mass is 431 g/mol. The van der Waals surface area contributed by atoms with Crippen LogP contribution in [-0.4, -0.2) is 32.3 Å². The van der Waals surface area contributed by atoms with Crippen LogP contribution in [0.1, 0.15) is 21.7 Å². The van der Waals surface area contributed by atoms with Gasteiger partial charge in [0.15, 0.2) is 0 Å². The molecule has 0 spiro atoms. The first-order chi connectivity index (χ1) is 14.1. The lowest BCUT2D eigenvalue weighted by Crippen LogP contribution is -2.15. The van der Waals surface area contributed by atoms with Crippen molar-refractivity contribution in [3.05, 3.63) is 71.3 Å². The molecule has 0 saturated heterocycles. The fourth-order valence-corrected chi connectivity index (χ4v) is 3.76. The third-order valence-corrected chi connectivity index (χ3v) is 5.12. The smallest absolute Gasteiger partial charge is 0.257 e. The molecule has 0 aliphatic carbocycles. The number of hydrogen-bond donors (Lipinski definition) is 2. The molecule has 1 heterocycles. The van der Waals surface area contributed by atoms with Crippen molar-refractivity contribution in [2.75, 3.05) is 23.4 Å². The summed E-state index contributed by atoms with van der Waals surface area (Å²) in [6.07, 6.45) is 0.922. The van der Waals surface area contributed by atoms with E-state index in [0.717, 1.165) is 35.1 Å². The number of nitrogens with one attached hydrogen (secondary N) is 2. The molecule has 2 N–H and O–H groups in total. The summed E-state index contributed by atoms with van der Waals surface area (Å²) < 4.78 is 45.9. The quantitative estimate of drug-likeness (QED) is 0.620. The first kappa shape index (κ1) is 21.4. The Balaban J connectivity index is 1.89. The van der Waals surface area contributed by atoms with Gasteiger partial charge in [-0.3, -0.25) is 9.52 Å². The molecule has 1 aromatic heterocycles. The number of rotatable bonds is 6. The number of benzene rings is 2. The van der Waals surface area contributed by atoms with Gasteiger partial charge in [-0.1, -0.05) is 0 Å². The zero-order valence-electron chi connectivity index (χ0n) is 17.0. The second-order valence-corrected chi connectivity index (χ2v) is 8.59. The molecule has 0 aliphatic rings. The molecular weight excluding hydrogens is 409 g/mol. The predicted octanol–water partition coefficient (Wildman–Crippen LogP) is 3.87. The average Bonchev–Trinajstić information content (AvgIpc) is 2.98. The van der Waals surface area contributed by atoms with Gasteiger partial charge < -0.3 is 14.6 Å². The number of aromatic nitrogens is 1. The molecule has 2 aromatic carbocycles. The molecule has 30 heavy (non-hydrogen) atoms. The molecule has 3 aromatic rings. The summed E-state index contributed by atoms with van der Waals surface area (Å²) in [4.78, 5) is 12.8. The van der Waals surface area contributed by atoms with Gasteiger partial charge in [0.2, 0.25) is 10.0 Å². The maximum absolute atomic E-state index is 13.9. The highest BCUT2D eigenvalue weighted by molar-refractivity contribution is 7.92. The highest BCUT2D eigenvalue weighted by Crippen LogP contribution is 2.25. The Morgan fingerprint density at radius 1 is 1.07 bits per heavy atom. The van der Waals surface area contributed by atoms with Crippen LogP contribution in [0.5, 0.6) is 5.75 Å². The van der Waals surface area contributed by atoms with E-state index in [-0.39, 0.29) is 17.3 Å². The van der Waals surface area contributed by atoms with E-state index in [1.54, 1.807) is 13.2 Å². The van der Waals surface area contributed by atoms with Crippen molar-refractivity contribution < 1.29 is 22.3 Å². The Bertz CT molecular complexity index is 1200. The van der Waals surface area contributed by atoms with Gasteiger partial charge in [0.25, 0.3) is 5.91 Å². The number of amides is 1. The number of aryl methyl sites for hydroxylation is 1. The third kappa shape index (κ3) is 4.62. The Hall–Kier alpha value is -3.33. The minimum absolute atomic E-state index is 0.237. The zero-order valence-corrected chi connectivity index (χ0v) is 17.8. The Kier molecular flexibility index (Phi) is 5.84. The van der Waals surface area contributed by atoms with E-state index in [9.17, 15) is 17.6 Å². The highest BCUT2D eigenvalue weighted by atomic mass is 32.2. The summed E-state index contributed by atoms with van der Waals surface area (Å²) in [5.41, 5.74) is 2.95. The summed E-state index contributed by atoms with van der Waals surface area (Å²) in [6.45, 7) is 3.72. The number of hydrogen-bond acceptors (Lipinski definition) is 4. The predicted molar refractivity (Wildman–Crippen MR) is 115 cm³/mol. The van der Waals surface area contributed by atoms with Crippen LogP contribution in [0.25, 0.3) is 5.69 Å². The van der Waals surface area contributed by atoms with Crippen LogP contribution in [0, 0.1) is 19.7 Å². The minimum Gasteiger partial charge on any atom is -0.497 e. The molecule has 158 valence electrons. The lowest BCUT2D eigenvalue weighted by atomic mass is 10.2. The van der Waals surface area contributed by atoms with E-state index in [1.807, 2.05) is 42.7 Å². The highest BCUT2D eigenvalue weighted by Gasteiger charge is 2.18. The van der Waals surface area contributed by atoms with Crippen molar-refractivity contribution in [1.82, 2.24) is 4.57 Å². The number of ether oxygens (including phenoxy) is 1. The third-order valence-electron chi connectivity index (χ3n) is 4.53. The van der Waals surface area contributed by atoms with E-state index >= 15 is 0 Å². The second-order valence-electron chi connectivity index (χ2n) is 6.84. The van der Waals surface area contributed by atoms with Gasteiger partial charge in [0, 0.05) is 22.8 Å². The first-order valence-electron chi connectivity index (χ1n) is 9.01. The number of carbonyl (C=O) groups is 1. The van der Waals surface area contributed by atoms with E-state index in [0.29, 0.717) is 5.56 Å². The topological polar surface area (TPSA) is 89.4 Å². The van der Waals surface area contributed by atoms with Crippen molar-refractivity contribution in [3.63, 3.8) is 0 Å². The van der Waals surface area contributed by atoms with Gasteiger partial charge in [-0.15, -0.1) is 0 Å². The molecule has 0 atom stereocenters. The van der Waals surface area contributed by atoms with Crippen molar-refractivity contribution in [2.24, 2.45) is 0 Å². The Labute approximate surface area is 174 Å². The van der Waals surface area contributed by atoms with Crippen LogP contribution in [0.4, 0.5) is 15.8 Å². The van der Waals surface area contributed by atoms with E-state index in [4.69, 9.17) is 4.74 Å². The lowest BCUT2D eigenvalue weighted by molar-refractivity contribution is 0.102. The molecule has 0 unspecified atom stereocenters. The summed E-state index contributed by atoms with van der Waals surface area (Å²) in [6, 6.07) is 12.9. The molecule has 0 saturated carbocycles. The fourth-order valence-electron chi connectivity index (χ4n) is 3.20. The summed E-state index contributed by atoms with van der Waals surface area (Å²) in [7, 11) is -2.06. The number of nitrogens with zero attached hydrogens (tertiary/aromatic N) is 1. The van der Waals surface area contributed by atoms with Crippen LogP contribution in [-0.2, 0) is 10.0 Å². The molecule has 0 aliphatic heterocycles. The minimum atomic E-state index is -3.66. The van der Waals surface area contributed by atoms with Crippen molar-refractivity contribution in [3.8, 4) is 11.4 Å². The molecule has 3 rings (SSSR count). The summed E-state index contributed by atoms with van der Waals surface area (Å²) in [5.74, 6) is -0.398. The number of methoxy groups -OCH3 is 1. The summed E-state index contributed by atoms with van der Waals surface area (Å²) in [5, 5.41) is 2.69. The first-order valence-corrected chi connectivity index (χ1v) is 10.9. The molecule has 1 amide bonds. The Morgan fingerprint density at radius 3 is 2.33 bits per heavy atom. The van der Waals surface area contributed by atoms with E-state index < -0.39 is 15.8 Å². The zero-order chi connectivity index (χ0) is 22.1. The van der Waals surface area contributed by atoms with Gasteiger partial charge in [-0.25, -0.2) is 12.8 Å². The SMILES string of the molecule is COc1ccc(-n2c(C)cc(C(=O)Nc3ccc(F)c(NS(C)(=O)=O)c3)c2C)cc1. The standard InChI is InChI=1S/C21H22FN3O4S/c1-13-11-18(14(2)25(13)16-6-8-17(29-3)9-7-16)21(26)23-15-5-10-19(22)20(12-15)24-30(4,27)28/h5-12,24H,1-4H3,(H,23,26).